The van der Waals surface area contributed by atoms with Crippen molar-refractivity contribution in [2.45, 2.75) is 23.8 Å². The molecule has 24 heavy (non-hydrogen) atoms. The standard InChI is InChI=1S/C18H17ClN2O2S/c1-3-16(12-8-10-13(19)11-9-12)24-18-21-20-17(23-18)14-6-4-5-7-15(14)22-2/h4-11,16H,3H2,1-2H3. The van der Waals surface area contributed by atoms with Crippen molar-refractivity contribution in [3.05, 3.63) is 59.1 Å². The summed E-state index contributed by atoms with van der Waals surface area (Å²) in [6, 6.07) is 15.4. The van der Waals surface area contributed by atoms with Gasteiger partial charge in [-0.15, -0.1) is 10.2 Å². The fraction of sp³-hybridized carbons (Fsp3) is 0.222. The van der Waals surface area contributed by atoms with Gasteiger partial charge in [0.1, 0.15) is 5.75 Å². The number of halogens is 1. The Morgan fingerprint density at radius 1 is 1.12 bits per heavy atom. The van der Waals surface area contributed by atoms with E-state index >= 15 is 0 Å². The first-order valence-electron chi connectivity index (χ1n) is 7.60. The fourth-order valence-corrected chi connectivity index (χ4v) is 3.42. The van der Waals surface area contributed by atoms with Crippen molar-refractivity contribution in [2.24, 2.45) is 0 Å². The van der Waals surface area contributed by atoms with Gasteiger partial charge in [-0.3, -0.25) is 0 Å². The number of hydrogen-bond donors (Lipinski definition) is 0. The third-order valence-corrected chi connectivity index (χ3v) is 5.11. The highest BCUT2D eigenvalue weighted by Crippen LogP contribution is 2.39. The molecule has 0 saturated carbocycles. The maximum Gasteiger partial charge on any atom is 0.277 e. The highest BCUT2D eigenvalue weighted by Gasteiger charge is 2.18. The summed E-state index contributed by atoms with van der Waals surface area (Å²) in [5.41, 5.74) is 1.97. The van der Waals surface area contributed by atoms with Crippen molar-refractivity contribution < 1.29 is 9.15 Å². The lowest BCUT2D eigenvalue weighted by molar-refractivity contribution is 0.411. The lowest BCUT2D eigenvalue weighted by Crippen LogP contribution is -1.92. The van der Waals surface area contributed by atoms with Crippen LogP contribution in [-0.4, -0.2) is 17.3 Å². The summed E-state index contributed by atoms with van der Waals surface area (Å²) in [7, 11) is 1.62. The molecule has 0 bridgehead atoms. The van der Waals surface area contributed by atoms with Crippen molar-refractivity contribution in [1.82, 2.24) is 10.2 Å². The Labute approximate surface area is 150 Å². The number of aromatic nitrogens is 2. The van der Waals surface area contributed by atoms with E-state index in [0.717, 1.165) is 17.0 Å². The van der Waals surface area contributed by atoms with Crippen molar-refractivity contribution in [3.63, 3.8) is 0 Å². The van der Waals surface area contributed by atoms with Crippen LogP contribution in [0.2, 0.25) is 5.02 Å². The average Bonchev–Trinajstić information content (AvgIpc) is 3.09. The lowest BCUT2D eigenvalue weighted by Gasteiger charge is -2.12. The van der Waals surface area contributed by atoms with E-state index in [4.69, 9.17) is 20.8 Å². The molecule has 0 aliphatic carbocycles. The van der Waals surface area contributed by atoms with E-state index in [9.17, 15) is 0 Å². The highest BCUT2D eigenvalue weighted by atomic mass is 35.5. The molecule has 0 spiro atoms. The summed E-state index contributed by atoms with van der Waals surface area (Å²) < 4.78 is 11.2. The number of hydrogen-bond acceptors (Lipinski definition) is 5. The number of methoxy groups -OCH3 is 1. The van der Waals surface area contributed by atoms with Gasteiger partial charge in [0.05, 0.1) is 12.7 Å². The van der Waals surface area contributed by atoms with Gasteiger partial charge < -0.3 is 9.15 Å². The Balaban J connectivity index is 1.81. The van der Waals surface area contributed by atoms with Gasteiger partial charge in [-0.1, -0.05) is 54.6 Å². The van der Waals surface area contributed by atoms with Gasteiger partial charge in [-0.25, -0.2) is 0 Å². The molecule has 3 rings (SSSR count). The number of rotatable bonds is 6. The molecule has 0 aliphatic heterocycles. The summed E-state index contributed by atoms with van der Waals surface area (Å²) in [4.78, 5) is 0. The average molecular weight is 361 g/mol. The lowest BCUT2D eigenvalue weighted by atomic mass is 10.1. The molecule has 0 radical (unpaired) electrons. The molecule has 0 N–H and O–H groups in total. The number of nitrogens with zero attached hydrogens (tertiary/aromatic N) is 2. The van der Waals surface area contributed by atoms with Gasteiger partial charge >= 0.3 is 0 Å². The van der Waals surface area contributed by atoms with Crippen molar-refractivity contribution >= 4 is 23.4 Å². The first-order valence-corrected chi connectivity index (χ1v) is 8.86. The van der Waals surface area contributed by atoms with E-state index in [2.05, 4.69) is 17.1 Å². The maximum absolute atomic E-state index is 5.96. The van der Waals surface area contributed by atoms with Crippen LogP contribution in [0.5, 0.6) is 5.75 Å². The second-order valence-electron chi connectivity index (χ2n) is 5.14. The Hall–Kier alpha value is -1.98. The van der Waals surface area contributed by atoms with Crippen LogP contribution in [0.1, 0.15) is 24.2 Å². The van der Waals surface area contributed by atoms with E-state index in [0.29, 0.717) is 16.9 Å². The third kappa shape index (κ3) is 3.74. The molecular weight excluding hydrogens is 344 g/mol. The van der Waals surface area contributed by atoms with Gasteiger partial charge in [-0.2, -0.15) is 0 Å². The van der Waals surface area contributed by atoms with Crippen LogP contribution < -0.4 is 4.74 Å². The summed E-state index contributed by atoms with van der Waals surface area (Å²) in [6.07, 6.45) is 0.943. The van der Waals surface area contributed by atoms with E-state index in [1.165, 1.54) is 5.56 Å². The van der Waals surface area contributed by atoms with Crippen molar-refractivity contribution in [2.75, 3.05) is 7.11 Å². The Morgan fingerprint density at radius 3 is 2.58 bits per heavy atom. The van der Waals surface area contributed by atoms with Crippen molar-refractivity contribution in [3.8, 4) is 17.2 Å². The summed E-state index contributed by atoms with van der Waals surface area (Å²) in [5, 5.41) is 9.82. The van der Waals surface area contributed by atoms with Crippen LogP contribution in [0.3, 0.4) is 0 Å². The molecule has 1 atom stereocenters. The summed E-state index contributed by atoms with van der Waals surface area (Å²) in [5.74, 6) is 1.17. The van der Waals surface area contributed by atoms with Crippen LogP contribution in [0.25, 0.3) is 11.5 Å². The number of ether oxygens (including phenoxy) is 1. The largest absolute Gasteiger partial charge is 0.496 e. The monoisotopic (exact) mass is 360 g/mol. The molecule has 4 nitrogen and oxygen atoms in total. The summed E-state index contributed by atoms with van der Waals surface area (Å²) in [6.45, 7) is 2.13. The first kappa shape index (κ1) is 16.9. The van der Waals surface area contributed by atoms with Crippen LogP contribution in [0, 0.1) is 0 Å². The van der Waals surface area contributed by atoms with Crippen LogP contribution >= 0.6 is 23.4 Å². The normalized spacial score (nSPS) is 12.1. The van der Waals surface area contributed by atoms with E-state index in [1.54, 1.807) is 18.9 Å². The van der Waals surface area contributed by atoms with Gasteiger partial charge in [-0.05, 0) is 36.2 Å². The quantitative estimate of drug-likeness (QED) is 0.532. The third-order valence-electron chi connectivity index (χ3n) is 3.60. The minimum absolute atomic E-state index is 0.230. The number of para-hydroxylation sites is 1. The molecule has 1 heterocycles. The Bertz CT molecular complexity index is 805. The minimum atomic E-state index is 0.230. The molecule has 3 aromatic rings. The second kappa shape index (κ2) is 7.73. The smallest absolute Gasteiger partial charge is 0.277 e. The van der Waals surface area contributed by atoms with E-state index < -0.39 is 0 Å². The predicted octanol–water partition coefficient (Wildman–Crippen LogP) is 5.64. The van der Waals surface area contributed by atoms with Crippen molar-refractivity contribution in [1.29, 1.82) is 0 Å². The zero-order valence-electron chi connectivity index (χ0n) is 13.4. The molecule has 0 saturated heterocycles. The molecule has 0 amide bonds. The van der Waals surface area contributed by atoms with E-state index in [1.807, 2.05) is 48.5 Å². The highest BCUT2D eigenvalue weighted by molar-refractivity contribution is 7.99. The van der Waals surface area contributed by atoms with Gasteiger partial charge in [0.2, 0.25) is 0 Å². The Morgan fingerprint density at radius 2 is 1.88 bits per heavy atom. The maximum atomic E-state index is 5.96. The molecule has 1 unspecified atom stereocenters. The molecular formula is C18H17ClN2O2S. The Kier molecular flexibility index (Phi) is 5.43. The van der Waals surface area contributed by atoms with E-state index in [-0.39, 0.29) is 5.25 Å². The molecule has 124 valence electrons. The zero-order valence-corrected chi connectivity index (χ0v) is 15.0. The van der Waals surface area contributed by atoms with Crippen LogP contribution in [0.4, 0.5) is 0 Å². The zero-order chi connectivity index (χ0) is 16.9. The molecule has 0 aliphatic rings. The molecule has 1 aromatic heterocycles. The second-order valence-corrected chi connectivity index (χ2v) is 6.73. The van der Waals surface area contributed by atoms with Gasteiger partial charge in [0.25, 0.3) is 11.1 Å². The van der Waals surface area contributed by atoms with Gasteiger partial charge in [0.15, 0.2) is 0 Å². The van der Waals surface area contributed by atoms with Gasteiger partial charge in [0, 0.05) is 10.3 Å². The number of benzene rings is 2. The molecule has 6 heteroatoms. The molecule has 0 fully saturated rings. The van der Waals surface area contributed by atoms with Crippen LogP contribution in [-0.2, 0) is 0 Å². The topological polar surface area (TPSA) is 48.2 Å². The predicted molar refractivity (Wildman–Crippen MR) is 96.6 cm³/mol. The first-order chi connectivity index (χ1) is 11.7. The SMILES string of the molecule is CCC(Sc1nnc(-c2ccccc2OC)o1)c1ccc(Cl)cc1. The summed E-state index contributed by atoms with van der Waals surface area (Å²) >= 11 is 7.51. The minimum Gasteiger partial charge on any atom is -0.496 e. The fourth-order valence-electron chi connectivity index (χ4n) is 2.37. The molecule has 2 aromatic carbocycles. The number of thioether (sulfide) groups is 1. The van der Waals surface area contributed by atoms with Crippen LogP contribution in [0.15, 0.2) is 58.2 Å².